The zero-order valence-corrected chi connectivity index (χ0v) is 12.8. The number of aromatic nitrogens is 1. The first kappa shape index (κ1) is 16.2. The van der Waals surface area contributed by atoms with Gasteiger partial charge < -0.3 is 20.7 Å². The molecule has 3 N–H and O–H groups in total. The third-order valence-electron chi connectivity index (χ3n) is 2.88. The number of hydrogen-bond acceptors (Lipinski definition) is 5. The predicted octanol–water partition coefficient (Wildman–Crippen LogP) is 1.47. The number of nitrogens with zero attached hydrogens (tertiary/aromatic N) is 2. The van der Waals surface area contributed by atoms with Gasteiger partial charge in [0.15, 0.2) is 0 Å². The van der Waals surface area contributed by atoms with Crippen molar-refractivity contribution in [1.82, 2.24) is 4.98 Å². The maximum absolute atomic E-state index is 12.2. The molecule has 6 nitrogen and oxygen atoms in total. The van der Waals surface area contributed by atoms with Crippen molar-refractivity contribution < 1.29 is 9.53 Å². The van der Waals surface area contributed by atoms with Crippen LogP contribution in [0, 0.1) is 5.92 Å². The van der Waals surface area contributed by atoms with Crippen LogP contribution in [0.15, 0.2) is 12.3 Å². The Labute approximate surface area is 120 Å². The second kappa shape index (κ2) is 7.09. The second-order valence-electron chi connectivity index (χ2n) is 5.33. The average molecular weight is 280 g/mol. The smallest absolute Gasteiger partial charge is 0.241 e. The molecule has 6 heteroatoms. The molecular formula is C14H24N4O2. The van der Waals surface area contributed by atoms with Crippen molar-refractivity contribution in [3.05, 3.63) is 12.3 Å². The molecule has 1 aromatic rings. The highest BCUT2D eigenvalue weighted by Gasteiger charge is 2.20. The van der Waals surface area contributed by atoms with Gasteiger partial charge in [0.2, 0.25) is 11.8 Å². The molecule has 112 valence electrons. The fraction of sp³-hybridized carbons (Fsp3) is 0.571. The van der Waals surface area contributed by atoms with E-state index in [4.69, 9.17) is 10.5 Å². The standard InChI is InChI=1S/C14H24N4O2/c1-9(2)8-10(15)13(19)17-12-11(18(3)4)6-7-16-14(12)20-5/h6-7,9-10H,8,15H2,1-5H3,(H,17,19). The number of methoxy groups -OCH3 is 1. The predicted molar refractivity (Wildman–Crippen MR) is 81.2 cm³/mol. The molecule has 0 aliphatic rings. The molecule has 0 spiro atoms. The van der Waals surface area contributed by atoms with E-state index >= 15 is 0 Å². The number of nitrogens with two attached hydrogens (primary N) is 1. The number of carbonyl (C=O) groups excluding carboxylic acids is 1. The highest BCUT2D eigenvalue weighted by molar-refractivity contribution is 5.98. The number of ether oxygens (including phenoxy) is 1. The van der Waals surface area contributed by atoms with Gasteiger partial charge in [-0.15, -0.1) is 0 Å². The minimum atomic E-state index is -0.546. The Morgan fingerprint density at radius 2 is 2.15 bits per heavy atom. The van der Waals surface area contributed by atoms with Crippen LogP contribution in [0.25, 0.3) is 0 Å². The van der Waals surface area contributed by atoms with Crippen molar-refractivity contribution in [3.8, 4) is 5.88 Å². The Kier molecular flexibility index (Phi) is 5.76. The molecular weight excluding hydrogens is 256 g/mol. The van der Waals surface area contributed by atoms with E-state index < -0.39 is 6.04 Å². The minimum Gasteiger partial charge on any atom is -0.479 e. The molecule has 0 bridgehead atoms. The molecule has 0 radical (unpaired) electrons. The molecule has 1 unspecified atom stereocenters. The zero-order valence-electron chi connectivity index (χ0n) is 12.8. The topological polar surface area (TPSA) is 80.5 Å². The van der Waals surface area contributed by atoms with Crippen LogP contribution in [0.2, 0.25) is 0 Å². The van der Waals surface area contributed by atoms with E-state index in [0.717, 1.165) is 5.69 Å². The number of carbonyl (C=O) groups is 1. The van der Waals surface area contributed by atoms with Crippen LogP contribution in [0.1, 0.15) is 20.3 Å². The summed E-state index contributed by atoms with van der Waals surface area (Å²) in [5.41, 5.74) is 7.26. The van der Waals surface area contributed by atoms with Gasteiger partial charge in [-0.25, -0.2) is 4.98 Å². The molecule has 0 saturated heterocycles. The van der Waals surface area contributed by atoms with Gasteiger partial charge in [0.25, 0.3) is 0 Å². The zero-order chi connectivity index (χ0) is 15.3. The SMILES string of the molecule is COc1nccc(N(C)C)c1NC(=O)C(N)CC(C)C. The van der Waals surface area contributed by atoms with E-state index in [1.807, 2.05) is 38.9 Å². The molecule has 1 heterocycles. The van der Waals surface area contributed by atoms with Crippen LogP contribution >= 0.6 is 0 Å². The Hall–Kier alpha value is -1.82. The molecule has 0 aromatic carbocycles. The van der Waals surface area contributed by atoms with E-state index in [1.54, 1.807) is 6.20 Å². The Bertz CT molecular complexity index is 460. The van der Waals surface area contributed by atoms with Crippen LogP contribution < -0.4 is 20.7 Å². The molecule has 1 amide bonds. The maximum Gasteiger partial charge on any atom is 0.241 e. The van der Waals surface area contributed by atoms with E-state index in [9.17, 15) is 4.79 Å². The lowest BCUT2D eigenvalue weighted by molar-refractivity contribution is -0.117. The van der Waals surface area contributed by atoms with E-state index in [2.05, 4.69) is 10.3 Å². The molecule has 20 heavy (non-hydrogen) atoms. The molecule has 1 aromatic heterocycles. The first-order valence-electron chi connectivity index (χ1n) is 6.63. The summed E-state index contributed by atoms with van der Waals surface area (Å²) in [4.78, 5) is 18.1. The van der Waals surface area contributed by atoms with Crippen LogP contribution in [0.3, 0.4) is 0 Å². The number of amides is 1. The van der Waals surface area contributed by atoms with Crippen molar-refractivity contribution in [1.29, 1.82) is 0 Å². The van der Waals surface area contributed by atoms with Crippen molar-refractivity contribution in [2.75, 3.05) is 31.4 Å². The highest BCUT2D eigenvalue weighted by atomic mass is 16.5. The molecule has 0 saturated carbocycles. The fourth-order valence-electron chi connectivity index (χ4n) is 1.91. The number of rotatable bonds is 6. The van der Waals surface area contributed by atoms with E-state index in [-0.39, 0.29) is 5.91 Å². The fourth-order valence-corrected chi connectivity index (χ4v) is 1.91. The summed E-state index contributed by atoms with van der Waals surface area (Å²) in [6.45, 7) is 4.06. The normalized spacial score (nSPS) is 12.2. The summed E-state index contributed by atoms with van der Waals surface area (Å²) < 4.78 is 5.20. The minimum absolute atomic E-state index is 0.229. The van der Waals surface area contributed by atoms with E-state index in [0.29, 0.717) is 23.9 Å². The maximum atomic E-state index is 12.2. The van der Waals surface area contributed by atoms with Crippen molar-refractivity contribution >= 4 is 17.3 Å². The third-order valence-corrected chi connectivity index (χ3v) is 2.88. The molecule has 0 aliphatic heterocycles. The van der Waals surface area contributed by atoms with Crippen LogP contribution in [-0.4, -0.2) is 38.1 Å². The van der Waals surface area contributed by atoms with Crippen LogP contribution in [-0.2, 0) is 4.79 Å². The summed E-state index contributed by atoms with van der Waals surface area (Å²) in [5, 5.41) is 2.82. The first-order chi connectivity index (χ1) is 9.36. The number of nitrogens with one attached hydrogen (secondary N) is 1. The van der Waals surface area contributed by atoms with Gasteiger partial charge in [0, 0.05) is 20.3 Å². The second-order valence-corrected chi connectivity index (χ2v) is 5.33. The van der Waals surface area contributed by atoms with Gasteiger partial charge >= 0.3 is 0 Å². The molecule has 1 atom stereocenters. The molecule has 0 fully saturated rings. The monoisotopic (exact) mass is 280 g/mol. The Balaban J connectivity index is 2.98. The number of hydrogen-bond donors (Lipinski definition) is 2. The van der Waals surface area contributed by atoms with Crippen molar-refractivity contribution in [3.63, 3.8) is 0 Å². The highest BCUT2D eigenvalue weighted by Crippen LogP contribution is 2.32. The molecule has 1 rings (SSSR count). The molecule has 0 aliphatic carbocycles. The largest absolute Gasteiger partial charge is 0.479 e. The summed E-state index contributed by atoms with van der Waals surface area (Å²) in [5.74, 6) is 0.509. The van der Waals surface area contributed by atoms with Crippen LogP contribution in [0.4, 0.5) is 11.4 Å². The van der Waals surface area contributed by atoms with Crippen molar-refractivity contribution in [2.24, 2.45) is 11.7 Å². The van der Waals surface area contributed by atoms with Gasteiger partial charge in [-0.2, -0.15) is 0 Å². The average Bonchev–Trinajstić information content (AvgIpc) is 2.37. The number of pyridine rings is 1. The van der Waals surface area contributed by atoms with Gasteiger partial charge in [0.1, 0.15) is 5.69 Å². The quantitative estimate of drug-likeness (QED) is 0.824. The lowest BCUT2D eigenvalue weighted by Crippen LogP contribution is -2.37. The first-order valence-corrected chi connectivity index (χ1v) is 6.63. The Morgan fingerprint density at radius 1 is 1.50 bits per heavy atom. The lowest BCUT2D eigenvalue weighted by Gasteiger charge is -2.21. The number of anilines is 2. The van der Waals surface area contributed by atoms with E-state index in [1.165, 1.54) is 7.11 Å². The Morgan fingerprint density at radius 3 is 2.65 bits per heavy atom. The summed E-state index contributed by atoms with van der Waals surface area (Å²) in [6, 6.07) is 1.27. The lowest BCUT2D eigenvalue weighted by atomic mass is 10.0. The summed E-state index contributed by atoms with van der Waals surface area (Å²) >= 11 is 0. The van der Waals surface area contributed by atoms with Crippen molar-refractivity contribution in [2.45, 2.75) is 26.3 Å². The summed E-state index contributed by atoms with van der Waals surface area (Å²) in [6.07, 6.45) is 2.27. The van der Waals surface area contributed by atoms with Crippen LogP contribution in [0.5, 0.6) is 5.88 Å². The van der Waals surface area contributed by atoms with Gasteiger partial charge in [-0.05, 0) is 18.4 Å². The van der Waals surface area contributed by atoms with Gasteiger partial charge in [-0.3, -0.25) is 4.79 Å². The van der Waals surface area contributed by atoms with Gasteiger partial charge in [-0.1, -0.05) is 13.8 Å². The summed E-state index contributed by atoms with van der Waals surface area (Å²) in [7, 11) is 5.29. The third kappa shape index (κ3) is 4.09. The van der Waals surface area contributed by atoms with Gasteiger partial charge in [0.05, 0.1) is 18.8 Å².